The number of hydrogen-bond acceptors (Lipinski definition) is 3. The maximum atomic E-state index is 14.1. The molecule has 3 rings (SSSR count). The van der Waals surface area contributed by atoms with Gasteiger partial charge in [0, 0.05) is 17.0 Å². The maximum Gasteiger partial charge on any atom is 0.277 e. The van der Waals surface area contributed by atoms with Crippen molar-refractivity contribution in [3.8, 4) is 11.4 Å². The van der Waals surface area contributed by atoms with Gasteiger partial charge in [0.25, 0.3) is 5.91 Å². The zero-order chi connectivity index (χ0) is 20.1. The molecule has 2 aromatic carbocycles. The zero-order valence-corrected chi connectivity index (χ0v) is 16.2. The van der Waals surface area contributed by atoms with Crippen molar-refractivity contribution in [3.63, 3.8) is 0 Å². The van der Waals surface area contributed by atoms with Gasteiger partial charge in [0.05, 0.1) is 16.9 Å². The summed E-state index contributed by atoms with van der Waals surface area (Å²) in [5, 5.41) is 4.39. The van der Waals surface area contributed by atoms with Crippen LogP contribution in [0.1, 0.15) is 17.0 Å². The quantitative estimate of drug-likeness (QED) is 0.493. The molecule has 3 aromatic rings. The molecule has 0 unspecified atom stereocenters. The molecule has 0 fully saturated rings. The summed E-state index contributed by atoms with van der Waals surface area (Å²) >= 11 is 5.97. The fraction of sp³-hybridized carbons (Fsp3) is 0.143. The Hall–Kier alpha value is -3.12. The molecule has 1 N–H and O–H groups in total. The number of benzene rings is 2. The molecule has 0 radical (unpaired) electrons. The molecule has 0 saturated heterocycles. The van der Waals surface area contributed by atoms with Gasteiger partial charge in [0.15, 0.2) is 6.61 Å². The number of para-hydroxylation sites is 2. The number of ether oxygens (including phenoxy) is 1. The fourth-order valence-corrected chi connectivity index (χ4v) is 3.02. The highest BCUT2D eigenvalue weighted by Crippen LogP contribution is 2.23. The molecule has 1 amide bonds. The number of amides is 1. The van der Waals surface area contributed by atoms with Crippen molar-refractivity contribution < 1.29 is 13.9 Å². The van der Waals surface area contributed by atoms with Gasteiger partial charge in [-0.05, 0) is 44.2 Å². The van der Waals surface area contributed by atoms with Crippen LogP contribution in [0, 0.1) is 19.7 Å². The summed E-state index contributed by atoms with van der Waals surface area (Å²) < 4.78 is 21.3. The van der Waals surface area contributed by atoms with E-state index in [9.17, 15) is 9.18 Å². The molecule has 0 aliphatic heterocycles. The summed E-state index contributed by atoms with van der Waals surface area (Å²) in [5.41, 5.74) is 5.32. The standard InChI is InChI=1S/C21H19ClFN3O2/c1-14-11-16(15(2)26(14)19-9-5-4-8-18(19)23)12-24-25-21(27)13-28-20-10-6-3-7-17(20)22/h3-12H,13H2,1-2H3,(H,25,27)/b24-12-. The van der Waals surface area contributed by atoms with E-state index in [2.05, 4.69) is 10.5 Å². The molecular weight excluding hydrogens is 381 g/mol. The van der Waals surface area contributed by atoms with Crippen LogP contribution in [0.15, 0.2) is 59.7 Å². The van der Waals surface area contributed by atoms with Crippen LogP contribution < -0.4 is 10.2 Å². The van der Waals surface area contributed by atoms with Gasteiger partial charge in [-0.2, -0.15) is 5.10 Å². The highest BCUT2D eigenvalue weighted by Gasteiger charge is 2.12. The van der Waals surface area contributed by atoms with Crippen molar-refractivity contribution in [1.29, 1.82) is 0 Å². The number of carbonyl (C=O) groups is 1. The Balaban J connectivity index is 1.65. The lowest BCUT2D eigenvalue weighted by Crippen LogP contribution is -2.24. The molecule has 144 valence electrons. The van der Waals surface area contributed by atoms with Gasteiger partial charge in [0.2, 0.25) is 0 Å². The van der Waals surface area contributed by atoms with E-state index in [1.54, 1.807) is 47.0 Å². The van der Waals surface area contributed by atoms with Crippen molar-refractivity contribution in [2.45, 2.75) is 13.8 Å². The molecule has 7 heteroatoms. The molecule has 0 spiro atoms. The van der Waals surface area contributed by atoms with Gasteiger partial charge >= 0.3 is 0 Å². The summed E-state index contributed by atoms with van der Waals surface area (Å²) in [4.78, 5) is 11.9. The van der Waals surface area contributed by atoms with E-state index in [4.69, 9.17) is 16.3 Å². The summed E-state index contributed by atoms with van der Waals surface area (Å²) in [6, 6.07) is 15.3. The second kappa shape index (κ2) is 8.71. The third-order valence-corrected chi connectivity index (χ3v) is 4.46. The van der Waals surface area contributed by atoms with Crippen LogP contribution in [-0.4, -0.2) is 23.3 Å². The Kier molecular flexibility index (Phi) is 6.11. The number of nitrogens with zero attached hydrogens (tertiary/aromatic N) is 2. The number of aromatic nitrogens is 1. The van der Waals surface area contributed by atoms with Crippen LogP contribution in [-0.2, 0) is 4.79 Å². The first-order chi connectivity index (χ1) is 13.5. The minimum Gasteiger partial charge on any atom is -0.482 e. The van der Waals surface area contributed by atoms with Crippen LogP contribution in [0.25, 0.3) is 5.69 Å². The van der Waals surface area contributed by atoms with E-state index in [-0.39, 0.29) is 12.4 Å². The first kappa shape index (κ1) is 19.6. The molecular formula is C21H19ClFN3O2. The van der Waals surface area contributed by atoms with Crippen LogP contribution in [0.2, 0.25) is 5.02 Å². The Morgan fingerprint density at radius 1 is 1.21 bits per heavy atom. The van der Waals surface area contributed by atoms with Crippen LogP contribution in [0.3, 0.4) is 0 Å². The van der Waals surface area contributed by atoms with Crippen LogP contribution in [0.5, 0.6) is 5.75 Å². The van der Waals surface area contributed by atoms with Gasteiger partial charge in [0.1, 0.15) is 11.6 Å². The number of hydrazone groups is 1. The smallest absolute Gasteiger partial charge is 0.277 e. The molecule has 0 atom stereocenters. The van der Waals surface area contributed by atoms with Crippen molar-refractivity contribution in [2.75, 3.05) is 6.61 Å². The van der Waals surface area contributed by atoms with Crippen molar-refractivity contribution in [1.82, 2.24) is 9.99 Å². The third kappa shape index (κ3) is 4.40. The molecule has 28 heavy (non-hydrogen) atoms. The average molecular weight is 400 g/mol. The molecule has 1 aromatic heterocycles. The Morgan fingerprint density at radius 3 is 2.68 bits per heavy atom. The number of carbonyl (C=O) groups excluding carboxylic acids is 1. The van der Waals surface area contributed by atoms with Crippen LogP contribution in [0.4, 0.5) is 4.39 Å². The van der Waals surface area contributed by atoms with E-state index in [0.717, 1.165) is 17.0 Å². The van der Waals surface area contributed by atoms with Crippen molar-refractivity contribution >= 4 is 23.7 Å². The topological polar surface area (TPSA) is 55.6 Å². The number of halogens is 2. The predicted octanol–water partition coefficient (Wildman–Crippen LogP) is 4.42. The van der Waals surface area contributed by atoms with Gasteiger partial charge in [-0.25, -0.2) is 9.82 Å². The normalized spacial score (nSPS) is 11.0. The summed E-state index contributed by atoms with van der Waals surface area (Å²) in [6.07, 6.45) is 1.52. The Morgan fingerprint density at radius 2 is 1.93 bits per heavy atom. The lowest BCUT2D eigenvalue weighted by molar-refractivity contribution is -0.123. The molecule has 5 nitrogen and oxygen atoms in total. The summed E-state index contributed by atoms with van der Waals surface area (Å²) in [7, 11) is 0. The first-order valence-corrected chi connectivity index (χ1v) is 8.98. The largest absolute Gasteiger partial charge is 0.482 e. The van der Waals surface area contributed by atoms with Gasteiger partial charge in [-0.1, -0.05) is 35.9 Å². The predicted molar refractivity (Wildman–Crippen MR) is 108 cm³/mol. The second-order valence-corrected chi connectivity index (χ2v) is 6.53. The van der Waals surface area contributed by atoms with E-state index in [0.29, 0.717) is 16.5 Å². The zero-order valence-electron chi connectivity index (χ0n) is 15.4. The van der Waals surface area contributed by atoms with E-state index < -0.39 is 5.91 Å². The van der Waals surface area contributed by atoms with E-state index in [1.165, 1.54) is 12.3 Å². The molecule has 1 heterocycles. The van der Waals surface area contributed by atoms with Gasteiger partial charge in [-0.15, -0.1) is 0 Å². The minimum atomic E-state index is -0.418. The highest BCUT2D eigenvalue weighted by molar-refractivity contribution is 6.32. The first-order valence-electron chi connectivity index (χ1n) is 8.60. The minimum absolute atomic E-state index is 0.213. The van der Waals surface area contributed by atoms with Crippen molar-refractivity contribution in [3.05, 3.63) is 82.4 Å². The maximum absolute atomic E-state index is 14.1. The monoisotopic (exact) mass is 399 g/mol. The number of rotatable bonds is 6. The molecule has 0 bridgehead atoms. The highest BCUT2D eigenvalue weighted by atomic mass is 35.5. The fourth-order valence-electron chi connectivity index (χ4n) is 2.83. The molecule has 0 aliphatic carbocycles. The summed E-state index contributed by atoms with van der Waals surface area (Å²) in [6.45, 7) is 3.53. The SMILES string of the molecule is Cc1cc(/C=N\NC(=O)COc2ccccc2Cl)c(C)n1-c1ccccc1F. The number of nitrogens with one attached hydrogen (secondary N) is 1. The van der Waals surface area contributed by atoms with Gasteiger partial charge in [-0.3, -0.25) is 4.79 Å². The molecule has 0 saturated carbocycles. The van der Waals surface area contributed by atoms with Crippen LogP contribution >= 0.6 is 11.6 Å². The summed E-state index contributed by atoms with van der Waals surface area (Å²) in [5.74, 6) is -0.298. The van der Waals surface area contributed by atoms with Crippen molar-refractivity contribution in [2.24, 2.45) is 5.10 Å². The van der Waals surface area contributed by atoms with Gasteiger partial charge < -0.3 is 9.30 Å². The van der Waals surface area contributed by atoms with E-state index >= 15 is 0 Å². The average Bonchev–Trinajstić information content (AvgIpc) is 2.95. The third-order valence-electron chi connectivity index (χ3n) is 4.15. The molecule has 0 aliphatic rings. The Labute approximate surface area is 167 Å². The number of hydrogen-bond donors (Lipinski definition) is 1. The lowest BCUT2D eigenvalue weighted by atomic mass is 10.2. The number of aryl methyl sites for hydroxylation is 1. The second-order valence-electron chi connectivity index (χ2n) is 6.13. The Bertz CT molecular complexity index is 1030. The lowest BCUT2D eigenvalue weighted by Gasteiger charge is -2.10. The van der Waals surface area contributed by atoms with E-state index in [1.807, 2.05) is 19.9 Å².